The lowest BCUT2D eigenvalue weighted by atomic mass is 9.88. The predicted molar refractivity (Wildman–Crippen MR) is 121 cm³/mol. The van der Waals surface area contributed by atoms with E-state index >= 15 is 0 Å². The van der Waals surface area contributed by atoms with Gasteiger partial charge in [-0.1, -0.05) is 78.9 Å². The highest BCUT2D eigenvalue weighted by Crippen LogP contribution is 2.28. The fourth-order valence-electron chi connectivity index (χ4n) is 3.62. The van der Waals surface area contributed by atoms with Crippen molar-refractivity contribution in [2.45, 2.75) is 32.7 Å². The van der Waals surface area contributed by atoms with Gasteiger partial charge in [-0.25, -0.2) is 0 Å². The van der Waals surface area contributed by atoms with Gasteiger partial charge in [-0.3, -0.25) is 9.59 Å². The average Bonchev–Trinajstić information content (AvgIpc) is 2.78. The summed E-state index contributed by atoms with van der Waals surface area (Å²) in [5, 5.41) is 3.07. The largest absolute Gasteiger partial charge is 0.339 e. The minimum absolute atomic E-state index is 0.0202. The van der Waals surface area contributed by atoms with E-state index in [4.69, 9.17) is 0 Å². The molecular formula is C26H28N2O2. The Morgan fingerprint density at radius 3 is 1.90 bits per heavy atom. The summed E-state index contributed by atoms with van der Waals surface area (Å²) in [5.74, 6) is -0.0539. The van der Waals surface area contributed by atoms with E-state index in [0.29, 0.717) is 19.5 Å². The minimum Gasteiger partial charge on any atom is -0.339 e. The Balaban J connectivity index is 1.79. The summed E-state index contributed by atoms with van der Waals surface area (Å²) in [6.45, 7) is 4.62. The Kier molecular flexibility index (Phi) is 7.39. The van der Waals surface area contributed by atoms with Crippen LogP contribution in [0, 0.1) is 0 Å². The van der Waals surface area contributed by atoms with Gasteiger partial charge in [0, 0.05) is 38.0 Å². The van der Waals surface area contributed by atoms with Crippen LogP contribution < -0.4 is 5.32 Å². The van der Waals surface area contributed by atoms with Gasteiger partial charge in [0.1, 0.15) is 0 Å². The zero-order chi connectivity index (χ0) is 21.3. The molecule has 0 heterocycles. The molecule has 3 aromatic carbocycles. The Bertz CT molecular complexity index is 931. The lowest BCUT2D eigenvalue weighted by Crippen LogP contribution is -2.28. The quantitative estimate of drug-likeness (QED) is 0.564. The molecule has 4 nitrogen and oxygen atoms in total. The number of nitrogens with zero attached hydrogens (tertiary/aromatic N) is 1. The molecule has 0 saturated carbocycles. The van der Waals surface area contributed by atoms with Gasteiger partial charge in [-0.05, 0) is 29.7 Å². The van der Waals surface area contributed by atoms with Crippen LogP contribution in [0.3, 0.4) is 0 Å². The smallest absolute Gasteiger partial charge is 0.225 e. The molecule has 0 bridgehead atoms. The van der Waals surface area contributed by atoms with Crippen molar-refractivity contribution in [2.75, 3.05) is 11.9 Å². The van der Waals surface area contributed by atoms with Crippen LogP contribution in [0.1, 0.15) is 42.9 Å². The van der Waals surface area contributed by atoms with Gasteiger partial charge in [-0.15, -0.1) is 0 Å². The number of hydrogen-bond acceptors (Lipinski definition) is 2. The highest BCUT2D eigenvalue weighted by atomic mass is 16.2. The van der Waals surface area contributed by atoms with Crippen molar-refractivity contribution in [3.63, 3.8) is 0 Å². The van der Waals surface area contributed by atoms with E-state index in [1.807, 2.05) is 67.6 Å². The molecule has 0 aromatic heterocycles. The van der Waals surface area contributed by atoms with Crippen molar-refractivity contribution in [3.05, 3.63) is 102 Å². The van der Waals surface area contributed by atoms with Crippen molar-refractivity contribution in [2.24, 2.45) is 0 Å². The van der Waals surface area contributed by atoms with Crippen LogP contribution in [0.5, 0.6) is 0 Å². The summed E-state index contributed by atoms with van der Waals surface area (Å²) in [6.07, 6.45) is 0.340. The Morgan fingerprint density at radius 2 is 1.37 bits per heavy atom. The summed E-state index contributed by atoms with van der Waals surface area (Å²) in [4.78, 5) is 26.6. The fourth-order valence-corrected chi connectivity index (χ4v) is 3.62. The molecule has 30 heavy (non-hydrogen) atoms. The number of benzene rings is 3. The molecule has 4 heteroatoms. The van der Waals surface area contributed by atoms with Gasteiger partial charge in [0.2, 0.25) is 11.8 Å². The molecular weight excluding hydrogens is 372 g/mol. The molecule has 0 atom stereocenters. The van der Waals surface area contributed by atoms with Gasteiger partial charge < -0.3 is 10.2 Å². The molecule has 3 aromatic rings. The number of para-hydroxylation sites is 1. The molecule has 0 unspecified atom stereocenters. The molecule has 0 fully saturated rings. The van der Waals surface area contributed by atoms with E-state index < -0.39 is 0 Å². The average molecular weight is 401 g/mol. The number of rotatable bonds is 8. The summed E-state index contributed by atoms with van der Waals surface area (Å²) >= 11 is 0. The van der Waals surface area contributed by atoms with Gasteiger partial charge in [0.25, 0.3) is 0 Å². The third-order valence-corrected chi connectivity index (χ3v) is 5.27. The third kappa shape index (κ3) is 5.57. The van der Waals surface area contributed by atoms with Gasteiger partial charge in [0.15, 0.2) is 0 Å². The molecule has 1 N–H and O–H groups in total. The fraction of sp³-hybridized carbons (Fsp3) is 0.231. The van der Waals surface area contributed by atoms with Gasteiger partial charge in [-0.2, -0.15) is 0 Å². The zero-order valence-corrected chi connectivity index (χ0v) is 17.5. The van der Waals surface area contributed by atoms with Crippen LogP contribution in [0.25, 0.3) is 0 Å². The normalized spacial score (nSPS) is 10.6. The summed E-state index contributed by atoms with van der Waals surface area (Å²) < 4.78 is 0. The maximum absolute atomic E-state index is 13.0. The topological polar surface area (TPSA) is 49.4 Å². The summed E-state index contributed by atoms with van der Waals surface area (Å²) in [5.41, 5.74) is 3.91. The first-order valence-corrected chi connectivity index (χ1v) is 10.3. The molecule has 0 saturated heterocycles. The maximum Gasteiger partial charge on any atom is 0.225 e. The van der Waals surface area contributed by atoms with Crippen LogP contribution >= 0.6 is 0 Å². The first-order chi connectivity index (χ1) is 14.6. The lowest BCUT2D eigenvalue weighted by molar-refractivity contribution is -0.129. The lowest BCUT2D eigenvalue weighted by Gasteiger charge is -2.22. The number of carbonyl (C=O) groups excluding carboxylic acids is 2. The van der Waals surface area contributed by atoms with Crippen molar-refractivity contribution in [1.82, 2.24) is 4.90 Å². The SMILES string of the molecule is CCN(Cc1ccccc1NC(=O)CC(c1ccccc1)c1ccccc1)C(C)=O. The van der Waals surface area contributed by atoms with Crippen molar-refractivity contribution < 1.29 is 9.59 Å². The summed E-state index contributed by atoms with van der Waals surface area (Å²) in [6, 6.07) is 27.9. The van der Waals surface area contributed by atoms with E-state index in [9.17, 15) is 9.59 Å². The van der Waals surface area contributed by atoms with E-state index in [-0.39, 0.29) is 17.7 Å². The number of hydrogen-bond donors (Lipinski definition) is 1. The Morgan fingerprint density at radius 1 is 0.833 bits per heavy atom. The molecule has 0 spiro atoms. The first kappa shape index (κ1) is 21.3. The highest BCUT2D eigenvalue weighted by molar-refractivity contribution is 5.92. The van der Waals surface area contributed by atoms with Gasteiger partial charge >= 0.3 is 0 Å². The van der Waals surface area contributed by atoms with Crippen LogP contribution in [0.2, 0.25) is 0 Å². The third-order valence-electron chi connectivity index (χ3n) is 5.27. The predicted octanol–water partition coefficient (Wildman–Crippen LogP) is 5.22. The Labute approximate surface area is 178 Å². The highest BCUT2D eigenvalue weighted by Gasteiger charge is 2.19. The molecule has 0 aliphatic heterocycles. The number of anilines is 1. The molecule has 2 amide bonds. The second kappa shape index (κ2) is 10.4. The first-order valence-electron chi connectivity index (χ1n) is 10.3. The van der Waals surface area contributed by atoms with E-state index in [2.05, 4.69) is 29.6 Å². The van der Waals surface area contributed by atoms with E-state index in [1.54, 1.807) is 11.8 Å². The Hall–Kier alpha value is -3.40. The van der Waals surface area contributed by atoms with Gasteiger partial charge in [0.05, 0.1) is 0 Å². The number of amides is 2. The van der Waals surface area contributed by atoms with Crippen molar-refractivity contribution >= 4 is 17.5 Å². The van der Waals surface area contributed by atoms with Crippen LogP contribution in [-0.2, 0) is 16.1 Å². The minimum atomic E-state index is -0.0500. The number of carbonyl (C=O) groups is 2. The van der Waals surface area contributed by atoms with Crippen LogP contribution in [0.4, 0.5) is 5.69 Å². The molecule has 0 aliphatic rings. The monoisotopic (exact) mass is 400 g/mol. The standard InChI is InChI=1S/C26H28N2O2/c1-3-28(20(2)29)19-23-16-10-11-17-25(23)27-26(30)18-24(21-12-6-4-7-13-21)22-14-8-5-9-15-22/h4-17,24H,3,18-19H2,1-2H3,(H,27,30). The molecule has 0 radical (unpaired) electrons. The zero-order valence-electron chi connectivity index (χ0n) is 17.5. The van der Waals surface area contributed by atoms with E-state index in [0.717, 1.165) is 22.4 Å². The van der Waals surface area contributed by atoms with Crippen LogP contribution in [0.15, 0.2) is 84.9 Å². The van der Waals surface area contributed by atoms with Crippen LogP contribution in [-0.4, -0.2) is 23.3 Å². The molecule has 3 rings (SSSR count). The summed E-state index contributed by atoms with van der Waals surface area (Å²) in [7, 11) is 0. The second-order valence-electron chi connectivity index (χ2n) is 7.32. The maximum atomic E-state index is 13.0. The van der Waals surface area contributed by atoms with Crippen molar-refractivity contribution in [3.8, 4) is 0 Å². The van der Waals surface area contributed by atoms with Crippen molar-refractivity contribution in [1.29, 1.82) is 0 Å². The van der Waals surface area contributed by atoms with E-state index in [1.165, 1.54) is 0 Å². The second-order valence-corrected chi connectivity index (χ2v) is 7.32. The molecule has 154 valence electrons. The molecule has 0 aliphatic carbocycles. The number of nitrogens with one attached hydrogen (secondary N) is 1.